The fourth-order valence-corrected chi connectivity index (χ4v) is 2.35. The summed E-state index contributed by atoms with van der Waals surface area (Å²) in [4.78, 5) is 21.0. The van der Waals surface area contributed by atoms with Crippen LogP contribution in [0, 0.1) is 10.1 Å². The number of benzene rings is 1. The fraction of sp³-hybridized carbons (Fsp3) is 0.231. The normalized spacial score (nSPS) is 16.3. The molecule has 2 heterocycles. The zero-order valence-corrected chi connectivity index (χ0v) is 10.8. The number of aromatic nitrogens is 2. The Bertz CT molecular complexity index is 668. The van der Waals surface area contributed by atoms with Gasteiger partial charge >= 0.3 is 11.7 Å². The highest BCUT2D eigenvalue weighted by molar-refractivity contribution is 5.89. The highest BCUT2D eigenvalue weighted by Gasteiger charge is 2.28. The molecule has 1 unspecified atom stereocenters. The highest BCUT2D eigenvalue weighted by atomic mass is 16.6. The third-order valence-corrected chi connectivity index (χ3v) is 3.25. The van der Waals surface area contributed by atoms with Gasteiger partial charge in [0.15, 0.2) is 0 Å². The van der Waals surface area contributed by atoms with Crippen molar-refractivity contribution in [3.63, 3.8) is 0 Å². The molecule has 1 N–H and O–H groups in total. The van der Waals surface area contributed by atoms with Gasteiger partial charge in [0.05, 0.1) is 11.5 Å². The molecule has 3 rings (SSSR count). The van der Waals surface area contributed by atoms with E-state index in [-0.39, 0.29) is 12.6 Å². The zero-order valence-electron chi connectivity index (χ0n) is 10.8. The second kappa shape index (κ2) is 4.89. The standard InChI is InChI=1S/C13H11N3O5/c17-13(18)12-10(16(19)20)7-15(14-12)6-9-5-8-3-1-2-4-11(8)21-9/h1-4,7,9H,5-6H2,(H,17,18). The number of para-hydroxylation sites is 1. The summed E-state index contributed by atoms with van der Waals surface area (Å²) in [6.07, 6.45) is 1.56. The first-order chi connectivity index (χ1) is 10.0. The van der Waals surface area contributed by atoms with Gasteiger partial charge < -0.3 is 9.84 Å². The van der Waals surface area contributed by atoms with Crippen molar-refractivity contribution < 1.29 is 19.6 Å². The second-order valence-electron chi connectivity index (χ2n) is 4.70. The monoisotopic (exact) mass is 289 g/mol. The Balaban J connectivity index is 1.79. The van der Waals surface area contributed by atoms with Gasteiger partial charge in [0.25, 0.3) is 0 Å². The Morgan fingerprint density at radius 1 is 1.52 bits per heavy atom. The molecule has 1 aliphatic heterocycles. The van der Waals surface area contributed by atoms with E-state index >= 15 is 0 Å². The summed E-state index contributed by atoms with van der Waals surface area (Å²) in [5, 5.41) is 23.5. The van der Waals surface area contributed by atoms with Crippen LogP contribution in [-0.2, 0) is 13.0 Å². The van der Waals surface area contributed by atoms with Gasteiger partial charge in [-0.2, -0.15) is 5.10 Å². The van der Waals surface area contributed by atoms with E-state index in [2.05, 4.69) is 5.10 Å². The average molecular weight is 289 g/mol. The molecule has 1 aromatic heterocycles. The number of nitro groups is 1. The summed E-state index contributed by atoms with van der Waals surface area (Å²) in [6, 6.07) is 7.57. The third-order valence-electron chi connectivity index (χ3n) is 3.25. The predicted octanol–water partition coefficient (Wildman–Crippen LogP) is 1.49. The number of hydrogen-bond acceptors (Lipinski definition) is 5. The minimum absolute atomic E-state index is 0.219. The van der Waals surface area contributed by atoms with Crippen molar-refractivity contribution in [1.82, 2.24) is 9.78 Å². The number of aromatic carboxylic acids is 1. The van der Waals surface area contributed by atoms with Crippen LogP contribution in [0.3, 0.4) is 0 Å². The van der Waals surface area contributed by atoms with Crippen molar-refractivity contribution in [1.29, 1.82) is 0 Å². The van der Waals surface area contributed by atoms with Crippen LogP contribution in [0.2, 0.25) is 0 Å². The van der Waals surface area contributed by atoms with Gasteiger partial charge in [0, 0.05) is 6.42 Å². The predicted molar refractivity (Wildman–Crippen MR) is 70.4 cm³/mol. The van der Waals surface area contributed by atoms with Gasteiger partial charge in [-0.1, -0.05) is 18.2 Å². The van der Waals surface area contributed by atoms with E-state index in [0.29, 0.717) is 6.42 Å². The van der Waals surface area contributed by atoms with Gasteiger partial charge in [-0.15, -0.1) is 0 Å². The van der Waals surface area contributed by atoms with Gasteiger partial charge in [0.2, 0.25) is 5.69 Å². The van der Waals surface area contributed by atoms with Crippen molar-refractivity contribution >= 4 is 11.7 Å². The van der Waals surface area contributed by atoms with Crippen LogP contribution in [0.1, 0.15) is 16.1 Å². The van der Waals surface area contributed by atoms with Crippen LogP contribution in [0.4, 0.5) is 5.69 Å². The molecule has 21 heavy (non-hydrogen) atoms. The van der Waals surface area contributed by atoms with Crippen molar-refractivity contribution in [2.45, 2.75) is 19.1 Å². The molecule has 1 aromatic carbocycles. The Morgan fingerprint density at radius 3 is 2.90 bits per heavy atom. The molecule has 2 aromatic rings. The first-order valence-corrected chi connectivity index (χ1v) is 6.24. The van der Waals surface area contributed by atoms with Gasteiger partial charge in [-0.05, 0) is 11.6 Å². The summed E-state index contributed by atoms with van der Waals surface area (Å²) in [5.74, 6) is -0.640. The molecule has 1 atom stereocenters. The van der Waals surface area contributed by atoms with Crippen molar-refractivity contribution in [2.75, 3.05) is 0 Å². The Labute approximate surface area is 118 Å². The topological polar surface area (TPSA) is 107 Å². The van der Waals surface area contributed by atoms with Crippen LogP contribution >= 0.6 is 0 Å². The quantitative estimate of drug-likeness (QED) is 0.675. The molecular formula is C13H11N3O5. The highest BCUT2D eigenvalue weighted by Crippen LogP contribution is 2.29. The lowest BCUT2D eigenvalue weighted by Crippen LogP contribution is -2.21. The van der Waals surface area contributed by atoms with Crippen LogP contribution in [-0.4, -0.2) is 31.9 Å². The molecule has 8 nitrogen and oxygen atoms in total. The average Bonchev–Trinajstić information content (AvgIpc) is 3.02. The van der Waals surface area contributed by atoms with Crippen LogP contribution in [0.15, 0.2) is 30.5 Å². The summed E-state index contributed by atoms with van der Waals surface area (Å²) >= 11 is 0. The molecule has 0 aliphatic carbocycles. The van der Waals surface area contributed by atoms with Gasteiger partial charge in [0.1, 0.15) is 18.1 Å². The van der Waals surface area contributed by atoms with E-state index in [9.17, 15) is 14.9 Å². The molecule has 0 fully saturated rings. The fourth-order valence-electron chi connectivity index (χ4n) is 2.35. The van der Waals surface area contributed by atoms with E-state index in [4.69, 9.17) is 9.84 Å². The number of hydrogen-bond donors (Lipinski definition) is 1. The Hall–Kier alpha value is -2.90. The molecule has 1 aliphatic rings. The Morgan fingerprint density at radius 2 is 2.29 bits per heavy atom. The van der Waals surface area contributed by atoms with Crippen LogP contribution < -0.4 is 4.74 Å². The number of nitrogens with zero attached hydrogens (tertiary/aromatic N) is 3. The first kappa shape index (κ1) is 13.1. The second-order valence-corrected chi connectivity index (χ2v) is 4.70. The molecule has 0 bridgehead atoms. The summed E-state index contributed by atoms with van der Waals surface area (Å²) < 4.78 is 6.95. The molecule has 0 saturated carbocycles. The lowest BCUT2D eigenvalue weighted by molar-refractivity contribution is -0.385. The van der Waals surface area contributed by atoms with Gasteiger partial charge in [-0.3, -0.25) is 14.8 Å². The zero-order chi connectivity index (χ0) is 15.0. The number of carbonyl (C=O) groups is 1. The number of ether oxygens (including phenoxy) is 1. The molecular weight excluding hydrogens is 278 g/mol. The number of carboxylic acid groups (broad SMARTS) is 1. The maximum atomic E-state index is 10.9. The molecule has 0 spiro atoms. The largest absolute Gasteiger partial charge is 0.488 e. The third kappa shape index (κ3) is 2.42. The van der Waals surface area contributed by atoms with E-state index < -0.39 is 22.3 Å². The smallest absolute Gasteiger partial charge is 0.363 e. The number of rotatable bonds is 4. The molecule has 108 valence electrons. The van der Waals surface area contributed by atoms with Gasteiger partial charge in [-0.25, -0.2) is 4.79 Å². The van der Waals surface area contributed by atoms with Crippen molar-refractivity contribution in [3.05, 3.63) is 51.8 Å². The maximum Gasteiger partial charge on any atom is 0.363 e. The Kier molecular flexibility index (Phi) is 3.05. The number of fused-ring (bicyclic) bond motifs is 1. The lowest BCUT2D eigenvalue weighted by atomic mass is 10.1. The molecule has 0 radical (unpaired) electrons. The SMILES string of the molecule is O=C(O)c1nn(CC2Cc3ccccc3O2)cc1[N+](=O)[O-]. The van der Waals surface area contributed by atoms with Crippen LogP contribution in [0.5, 0.6) is 5.75 Å². The molecule has 0 saturated heterocycles. The van der Waals surface area contributed by atoms with Crippen molar-refractivity contribution in [2.24, 2.45) is 0 Å². The lowest BCUT2D eigenvalue weighted by Gasteiger charge is -2.09. The van der Waals surface area contributed by atoms with E-state index in [1.54, 1.807) is 0 Å². The number of carboxylic acids is 1. The van der Waals surface area contributed by atoms with Crippen LogP contribution in [0.25, 0.3) is 0 Å². The molecule has 8 heteroatoms. The maximum absolute atomic E-state index is 10.9. The van der Waals surface area contributed by atoms with Crippen molar-refractivity contribution in [3.8, 4) is 5.75 Å². The summed E-state index contributed by atoms with van der Waals surface area (Å²) in [5.41, 5.74) is -0.0175. The molecule has 0 amide bonds. The minimum atomic E-state index is -1.42. The van der Waals surface area contributed by atoms with E-state index in [0.717, 1.165) is 17.5 Å². The minimum Gasteiger partial charge on any atom is -0.488 e. The first-order valence-electron chi connectivity index (χ1n) is 6.24. The summed E-state index contributed by atoms with van der Waals surface area (Å²) in [7, 11) is 0. The van der Waals surface area contributed by atoms with E-state index in [1.807, 2.05) is 24.3 Å². The summed E-state index contributed by atoms with van der Waals surface area (Å²) in [6.45, 7) is 0.253. The van der Waals surface area contributed by atoms with E-state index in [1.165, 1.54) is 4.68 Å².